The topological polar surface area (TPSA) is 101 Å². The van der Waals surface area contributed by atoms with Gasteiger partial charge < -0.3 is 5.32 Å². The first-order valence-electron chi connectivity index (χ1n) is 8.83. The van der Waals surface area contributed by atoms with Crippen molar-refractivity contribution in [1.82, 2.24) is 10.2 Å². The lowest BCUT2D eigenvalue weighted by molar-refractivity contribution is -0.125. The lowest BCUT2D eigenvalue weighted by Gasteiger charge is -2.26. The molecule has 1 aromatic carbocycles. The van der Waals surface area contributed by atoms with E-state index in [4.69, 9.17) is 0 Å². The summed E-state index contributed by atoms with van der Waals surface area (Å²) in [6, 6.07) is 3.58. The maximum absolute atomic E-state index is 12.9. The fourth-order valence-electron chi connectivity index (χ4n) is 3.59. The Kier molecular flexibility index (Phi) is 5.71. The van der Waals surface area contributed by atoms with Crippen LogP contribution in [0.15, 0.2) is 22.7 Å². The third-order valence-electron chi connectivity index (χ3n) is 4.96. The van der Waals surface area contributed by atoms with Crippen molar-refractivity contribution in [3.05, 3.63) is 33.8 Å². The summed E-state index contributed by atoms with van der Waals surface area (Å²) >= 11 is 3.27. The minimum atomic E-state index is -3.36. The van der Waals surface area contributed by atoms with Gasteiger partial charge in [-0.05, 0) is 37.5 Å². The molecule has 1 N–H and O–H groups in total. The molecule has 1 aromatic rings. The van der Waals surface area contributed by atoms with Gasteiger partial charge in [0.1, 0.15) is 15.9 Å². The fraction of sp³-hybridized carbons (Fsp3) is 0.500. The highest BCUT2D eigenvalue weighted by molar-refractivity contribution is 9.10. The Bertz CT molecular complexity index is 893. The third kappa shape index (κ3) is 4.40. The summed E-state index contributed by atoms with van der Waals surface area (Å²) < 4.78 is 23.9. The van der Waals surface area contributed by atoms with Gasteiger partial charge in [0, 0.05) is 16.8 Å². The van der Waals surface area contributed by atoms with E-state index in [0.717, 1.165) is 36.8 Å². The van der Waals surface area contributed by atoms with E-state index in [1.165, 1.54) is 12.1 Å². The molecular formula is C18H21BrN2O5S. The summed E-state index contributed by atoms with van der Waals surface area (Å²) in [5.74, 6) is -1.90. The van der Waals surface area contributed by atoms with Gasteiger partial charge in [0.25, 0.3) is 11.8 Å². The van der Waals surface area contributed by atoms with Crippen LogP contribution in [0.3, 0.4) is 0 Å². The van der Waals surface area contributed by atoms with E-state index in [2.05, 4.69) is 21.2 Å². The number of benzene rings is 1. The molecule has 0 radical (unpaired) electrons. The number of amides is 3. The zero-order chi connectivity index (χ0) is 19.8. The van der Waals surface area contributed by atoms with Crippen LogP contribution < -0.4 is 5.32 Å². The fourth-order valence-corrected chi connectivity index (χ4v) is 4.60. The summed E-state index contributed by atoms with van der Waals surface area (Å²) in [6.07, 6.45) is 4.67. The zero-order valence-electron chi connectivity index (χ0n) is 14.9. The van der Waals surface area contributed by atoms with Gasteiger partial charge >= 0.3 is 0 Å². The molecule has 146 valence electrons. The Morgan fingerprint density at radius 3 is 2.48 bits per heavy atom. The van der Waals surface area contributed by atoms with Crippen LogP contribution in [-0.2, 0) is 14.6 Å². The van der Waals surface area contributed by atoms with E-state index in [-0.39, 0.29) is 29.3 Å². The van der Waals surface area contributed by atoms with E-state index < -0.39 is 33.6 Å². The molecule has 0 saturated heterocycles. The van der Waals surface area contributed by atoms with Gasteiger partial charge in [0.15, 0.2) is 0 Å². The van der Waals surface area contributed by atoms with Gasteiger partial charge in [-0.1, -0.05) is 28.8 Å². The Morgan fingerprint density at radius 2 is 1.85 bits per heavy atom. The third-order valence-corrected chi connectivity index (χ3v) is 6.43. The molecule has 1 atom stereocenters. The number of nitrogens with one attached hydrogen (secondary N) is 1. The molecule has 0 bridgehead atoms. The van der Waals surface area contributed by atoms with Gasteiger partial charge in [0.05, 0.1) is 16.9 Å². The second kappa shape index (κ2) is 7.71. The molecule has 3 rings (SSSR count). The van der Waals surface area contributed by atoms with Crippen LogP contribution in [-0.4, -0.2) is 55.1 Å². The Hall–Kier alpha value is -1.74. The molecule has 1 heterocycles. The maximum atomic E-state index is 12.9. The Morgan fingerprint density at radius 1 is 1.22 bits per heavy atom. The molecule has 1 saturated carbocycles. The van der Waals surface area contributed by atoms with Crippen LogP contribution in [0.2, 0.25) is 0 Å². The second-order valence-electron chi connectivity index (χ2n) is 7.09. The largest absolute Gasteiger partial charge is 0.352 e. The van der Waals surface area contributed by atoms with Crippen molar-refractivity contribution in [2.24, 2.45) is 0 Å². The molecule has 2 aliphatic rings. The number of imide groups is 1. The van der Waals surface area contributed by atoms with Crippen LogP contribution in [0.25, 0.3) is 0 Å². The molecule has 1 aliphatic heterocycles. The minimum absolute atomic E-state index is 0.00237. The molecule has 1 fully saturated rings. The van der Waals surface area contributed by atoms with Gasteiger partial charge in [-0.15, -0.1) is 0 Å². The number of hydrogen-bond donors (Lipinski definition) is 1. The first-order valence-corrected chi connectivity index (χ1v) is 11.7. The van der Waals surface area contributed by atoms with Crippen LogP contribution in [0.4, 0.5) is 0 Å². The van der Waals surface area contributed by atoms with Crippen LogP contribution >= 0.6 is 15.9 Å². The van der Waals surface area contributed by atoms with Gasteiger partial charge in [-0.2, -0.15) is 0 Å². The van der Waals surface area contributed by atoms with Gasteiger partial charge in [-0.25, -0.2) is 8.42 Å². The quantitative estimate of drug-likeness (QED) is 0.658. The average Bonchev–Trinajstić information content (AvgIpc) is 3.16. The van der Waals surface area contributed by atoms with Crippen LogP contribution in [0.1, 0.15) is 52.8 Å². The Labute approximate surface area is 166 Å². The number of carbonyl (C=O) groups excluding carboxylic acids is 3. The van der Waals surface area contributed by atoms with E-state index in [0.29, 0.717) is 4.47 Å². The highest BCUT2D eigenvalue weighted by Gasteiger charge is 2.43. The normalized spacial score (nSPS) is 18.7. The monoisotopic (exact) mass is 456 g/mol. The zero-order valence-corrected chi connectivity index (χ0v) is 17.3. The summed E-state index contributed by atoms with van der Waals surface area (Å²) in [7, 11) is -3.36. The van der Waals surface area contributed by atoms with Crippen molar-refractivity contribution < 1.29 is 22.8 Å². The lowest BCUT2D eigenvalue weighted by atomic mass is 10.1. The van der Waals surface area contributed by atoms with Crippen molar-refractivity contribution in [3.8, 4) is 0 Å². The van der Waals surface area contributed by atoms with Crippen molar-refractivity contribution >= 4 is 43.5 Å². The molecule has 27 heavy (non-hydrogen) atoms. The van der Waals surface area contributed by atoms with E-state index in [9.17, 15) is 22.8 Å². The smallest absolute Gasteiger partial charge is 0.262 e. The number of halogens is 1. The predicted molar refractivity (Wildman–Crippen MR) is 103 cm³/mol. The summed E-state index contributed by atoms with van der Waals surface area (Å²) in [5.41, 5.74) is 0.439. The predicted octanol–water partition coefficient (Wildman–Crippen LogP) is 1.91. The molecule has 9 heteroatoms. The highest BCUT2D eigenvalue weighted by Crippen LogP contribution is 2.29. The van der Waals surface area contributed by atoms with Crippen molar-refractivity contribution in [3.63, 3.8) is 0 Å². The molecule has 1 aliphatic carbocycles. The molecular weight excluding hydrogens is 436 g/mol. The highest BCUT2D eigenvalue weighted by atomic mass is 79.9. The number of rotatable bonds is 6. The summed E-state index contributed by atoms with van der Waals surface area (Å²) in [6.45, 7) is 0. The van der Waals surface area contributed by atoms with Gasteiger partial charge in [-0.3, -0.25) is 19.3 Å². The summed E-state index contributed by atoms with van der Waals surface area (Å²) in [4.78, 5) is 39.4. The molecule has 7 nitrogen and oxygen atoms in total. The number of fused-ring (bicyclic) bond motifs is 1. The van der Waals surface area contributed by atoms with E-state index >= 15 is 0 Å². The standard InChI is InChI=1S/C18H21BrN2O5S/c1-27(25,26)9-8-15(16(22)20-12-4-2-3-5-12)21-17(23)13-7-6-11(19)10-14(13)18(21)24/h6-7,10,12,15H,2-5,8-9H2,1H3,(H,20,22)/t15-/m1/s1. The number of carbonyl (C=O) groups is 3. The first-order chi connectivity index (χ1) is 12.7. The van der Waals surface area contributed by atoms with Crippen LogP contribution in [0.5, 0.6) is 0 Å². The number of nitrogens with zero attached hydrogens (tertiary/aromatic N) is 1. The lowest BCUT2D eigenvalue weighted by Crippen LogP contribution is -2.52. The summed E-state index contributed by atoms with van der Waals surface area (Å²) in [5, 5.41) is 2.88. The van der Waals surface area contributed by atoms with Gasteiger partial charge in [0.2, 0.25) is 5.91 Å². The van der Waals surface area contributed by atoms with Crippen LogP contribution in [0, 0.1) is 0 Å². The SMILES string of the molecule is CS(=O)(=O)CC[C@H](C(=O)NC1CCCC1)N1C(=O)c2ccc(Br)cc2C1=O. The molecule has 0 aromatic heterocycles. The van der Waals surface area contributed by atoms with Crippen molar-refractivity contribution in [2.75, 3.05) is 12.0 Å². The molecule has 0 spiro atoms. The second-order valence-corrected chi connectivity index (χ2v) is 10.3. The number of hydrogen-bond acceptors (Lipinski definition) is 5. The van der Waals surface area contributed by atoms with E-state index in [1.54, 1.807) is 6.07 Å². The first kappa shape index (κ1) is 20.0. The van der Waals surface area contributed by atoms with Crippen molar-refractivity contribution in [2.45, 2.75) is 44.2 Å². The van der Waals surface area contributed by atoms with E-state index in [1.807, 2.05) is 0 Å². The van der Waals surface area contributed by atoms with Crippen molar-refractivity contribution in [1.29, 1.82) is 0 Å². The number of sulfone groups is 1. The molecule has 0 unspecified atom stereocenters. The Balaban J connectivity index is 1.88. The molecule has 3 amide bonds. The minimum Gasteiger partial charge on any atom is -0.352 e. The average molecular weight is 457 g/mol. The maximum Gasteiger partial charge on any atom is 0.262 e.